The smallest absolute Gasteiger partial charge is 0.310 e. The van der Waals surface area contributed by atoms with Crippen molar-refractivity contribution in [1.29, 1.82) is 0 Å². The zero-order valence-corrected chi connectivity index (χ0v) is 42.3. The van der Waals surface area contributed by atoms with Gasteiger partial charge in [0.25, 0.3) is 0 Å². The molecule has 0 aliphatic heterocycles. The minimum atomic E-state index is -0.885. The van der Waals surface area contributed by atoms with Gasteiger partial charge in [-0.3, -0.25) is 14.4 Å². The van der Waals surface area contributed by atoms with Crippen LogP contribution in [0.4, 0.5) is 0 Å². The van der Waals surface area contributed by atoms with Crippen LogP contribution in [0.2, 0.25) is 0 Å². The fourth-order valence-corrected chi connectivity index (χ4v) is 6.24. The van der Waals surface area contributed by atoms with E-state index < -0.39 is 18.0 Å². The van der Waals surface area contributed by atoms with E-state index in [1.807, 2.05) is 12.2 Å². The van der Waals surface area contributed by atoms with Gasteiger partial charge in [0.1, 0.15) is 13.2 Å². The normalized spacial score (nSPS) is 13.4. The summed E-state index contributed by atoms with van der Waals surface area (Å²) in [4.78, 5) is 37.9. The molecule has 0 bridgehead atoms. The number of ether oxygens (including phenoxy) is 3. The van der Waals surface area contributed by atoms with Gasteiger partial charge < -0.3 is 14.2 Å². The van der Waals surface area contributed by atoms with Crippen LogP contribution in [0.25, 0.3) is 0 Å². The predicted molar refractivity (Wildman–Crippen MR) is 288 cm³/mol. The predicted octanol–water partition coefficient (Wildman–Crippen LogP) is 17.4. The Bertz CT molecular complexity index is 1570. The first-order valence-electron chi connectivity index (χ1n) is 26.0. The summed E-state index contributed by atoms with van der Waals surface area (Å²) in [5.74, 6) is -1.25. The number of esters is 3. The largest absolute Gasteiger partial charge is 0.462 e. The quantitative estimate of drug-likeness (QED) is 0.0262. The van der Waals surface area contributed by atoms with E-state index in [9.17, 15) is 14.4 Å². The molecule has 0 saturated carbocycles. The standard InChI is InChI=1S/C61H92O6/c1-4-7-10-13-16-19-22-25-28-29-30-31-34-36-39-42-45-48-51-54-60(63)66-57-58(67-61(64)55-52-49-46-43-40-37-33-27-24-21-18-15-12-9-6-3)56-65-59(62)53-50-47-44-41-38-35-32-26-23-20-17-14-11-8-5-2/h8-9,11-12,16-21,25-28,30-33,38,40-41,43,47,49-50,52,58H,4-7,10,13-15,22-24,29,34-37,39,42,44-46,48,51,53-57H2,1-3H3/b11-8-,12-9-,19-16-,20-17-,21-18-,28-25-,31-30-,32-26-,33-27-,41-38-,43-40-,50-47-,52-49-. The van der Waals surface area contributed by atoms with E-state index >= 15 is 0 Å². The lowest BCUT2D eigenvalue weighted by atomic mass is 10.1. The Labute approximate surface area is 409 Å². The Balaban J connectivity index is 4.66. The highest BCUT2D eigenvalue weighted by Gasteiger charge is 2.19. The second-order valence-corrected chi connectivity index (χ2v) is 16.3. The minimum absolute atomic E-state index is 0.0664. The highest BCUT2D eigenvalue weighted by molar-refractivity contribution is 5.72. The number of unbranched alkanes of at least 4 members (excludes halogenated alkanes) is 9. The van der Waals surface area contributed by atoms with Gasteiger partial charge in [0, 0.05) is 6.42 Å². The van der Waals surface area contributed by atoms with Crippen LogP contribution in [0.5, 0.6) is 0 Å². The van der Waals surface area contributed by atoms with Crippen LogP contribution in [0, 0.1) is 0 Å². The van der Waals surface area contributed by atoms with Gasteiger partial charge in [-0.05, 0) is 109 Å². The highest BCUT2D eigenvalue weighted by Crippen LogP contribution is 2.11. The van der Waals surface area contributed by atoms with Crippen molar-refractivity contribution in [3.63, 3.8) is 0 Å². The zero-order chi connectivity index (χ0) is 48.6. The van der Waals surface area contributed by atoms with Gasteiger partial charge in [0.2, 0.25) is 0 Å². The van der Waals surface area contributed by atoms with Crippen molar-refractivity contribution < 1.29 is 28.6 Å². The molecule has 67 heavy (non-hydrogen) atoms. The molecule has 6 heteroatoms. The fraction of sp³-hybridized carbons (Fsp3) is 0.525. The van der Waals surface area contributed by atoms with Crippen LogP contribution in [0.15, 0.2) is 158 Å². The van der Waals surface area contributed by atoms with Crippen molar-refractivity contribution in [3.8, 4) is 0 Å². The Hall–Kier alpha value is -4.97. The summed E-state index contributed by atoms with van der Waals surface area (Å²) in [5, 5.41) is 0. The zero-order valence-electron chi connectivity index (χ0n) is 42.3. The first-order chi connectivity index (χ1) is 33.0. The molecule has 0 rings (SSSR count). The summed E-state index contributed by atoms with van der Waals surface area (Å²) in [7, 11) is 0. The molecule has 0 N–H and O–H groups in total. The van der Waals surface area contributed by atoms with E-state index in [-0.39, 0.29) is 32.0 Å². The Morgan fingerprint density at radius 3 is 1.04 bits per heavy atom. The van der Waals surface area contributed by atoms with E-state index in [1.165, 1.54) is 38.5 Å². The third kappa shape index (κ3) is 51.9. The number of hydrogen-bond donors (Lipinski definition) is 0. The van der Waals surface area contributed by atoms with Crippen molar-refractivity contribution in [2.45, 2.75) is 194 Å². The maximum absolute atomic E-state index is 12.7. The van der Waals surface area contributed by atoms with E-state index in [4.69, 9.17) is 14.2 Å². The molecule has 0 fully saturated rings. The number of hydrogen-bond acceptors (Lipinski definition) is 6. The van der Waals surface area contributed by atoms with Gasteiger partial charge in [0.05, 0.1) is 12.8 Å². The van der Waals surface area contributed by atoms with Crippen molar-refractivity contribution in [3.05, 3.63) is 158 Å². The van der Waals surface area contributed by atoms with Crippen LogP contribution in [-0.2, 0) is 28.6 Å². The molecular formula is C61H92O6. The van der Waals surface area contributed by atoms with Crippen molar-refractivity contribution >= 4 is 17.9 Å². The highest BCUT2D eigenvalue weighted by atomic mass is 16.6. The molecule has 0 saturated heterocycles. The Kier molecular flexibility index (Phi) is 49.7. The van der Waals surface area contributed by atoms with Crippen LogP contribution >= 0.6 is 0 Å². The molecule has 0 aromatic heterocycles. The average Bonchev–Trinajstić information content (AvgIpc) is 3.33. The first-order valence-corrected chi connectivity index (χ1v) is 26.0. The van der Waals surface area contributed by atoms with Gasteiger partial charge >= 0.3 is 17.9 Å². The van der Waals surface area contributed by atoms with Crippen LogP contribution in [0.3, 0.4) is 0 Å². The maximum atomic E-state index is 12.7. The molecule has 0 heterocycles. The summed E-state index contributed by atoms with van der Waals surface area (Å²) in [5.41, 5.74) is 0. The lowest BCUT2D eigenvalue weighted by Gasteiger charge is -2.17. The second kappa shape index (κ2) is 53.6. The number of carbonyl (C=O) groups is 3. The lowest BCUT2D eigenvalue weighted by Crippen LogP contribution is -2.30. The van der Waals surface area contributed by atoms with Crippen molar-refractivity contribution in [2.24, 2.45) is 0 Å². The molecule has 0 aliphatic carbocycles. The van der Waals surface area contributed by atoms with Crippen LogP contribution in [-0.4, -0.2) is 37.2 Å². The van der Waals surface area contributed by atoms with E-state index in [1.54, 1.807) is 12.2 Å². The van der Waals surface area contributed by atoms with Crippen molar-refractivity contribution in [2.75, 3.05) is 13.2 Å². The molecule has 0 spiro atoms. The second-order valence-electron chi connectivity index (χ2n) is 16.3. The van der Waals surface area contributed by atoms with Gasteiger partial charge in [-0.15, -0.1) is 0 Å². The lowest BCUT2D eigenvalue weighted by molar-refractivity contribution is -0.166. The Morgan fingerprint density at radius 1 is 0.328 bits per heavy atom. The summed E-state index contributed by atoms with van der Waals surface area (Å²) < 4.78 is 16.6. The third-order valence-electron chi connectivity index (χ3n) is 10.1. The molecule has 0 aromatic rings. The molecule has 372 valence electrons. The third-order valence-corrected chi connectivity index (χ3v) is 10.1. The number of rotatable bonds is 44. The maximum Gasteiger partial charge on any atom is 0.310 e. The van der Waals surface area contributed by atoms with Gasteiger partial charge in [-0.2, -0.15) is 0 Å². The monoisotopic (exact) mass is 921 g/mol. The van der Waals surface area contributed by atoms with Crippen LogP contribution in [0.1, 0.15) is 188 Å². The summed E-state index contributed by atoms with van der Waals surface area (Å²) in [6.45, 7) is 6.17. The molecule has 0 aromatic carbocycles. The minimum Gasteiger partial charge on any atom is -0.462 e. The van der Waals surface area contributed by atoms with Crippen LogP contribution < -0.4 is 0 Å². The molecule has 1 atom stereocenters. The molecule has 0 radical (unpaired) electrons. The van der Waals surface area contributed by atoms with Gasteiger partial charge in [-0.1, -0.05) is 217 Å². The molecule has 6 nitrogen and oxygen atoms in total. The molecule has 0 amide bonds. The first kappa shape index (κ1) is 62.0. The van der Waals surface area contributed by atoms with Crippen molar-refractivity contribution in [1.82, 2.24) is 0 Å². The fourth-order valence-electron chi connectivity index (χ4n) is 6.24. The topological polar surface area (TPSA) is 78.9 Å². The Morgan fingerprint density at radius 2 is 0.642 bits per heavy atom. The van der Waals surface area contributed by atoms with E-state index in [0.717, 1.165) is 96.3 Å². The SMILES string of the molecule is CC/C=C\C/C=C\C/C=C\C/C=C\C/C=C\CC(=O)OCC(COC(=O)CCCCCCCC/C=C\C/C=C\C/C=C\CCCCC)OC(=O)C/C=C\C/C=C\C/C=C\C/C=C\C/C=C\CC. The average molecular weight is 921 g/mol. The molecular weight excluding hydrogens is 829 g/mol. The number of allylic oxidation sites excluding steroid dienone is 24. The molecule has 0 aliphatic rings. The van der Waals surface area contributed by atoms with Gasteiger partial charge in [-0.25, -0.2) is 0 Å². The summed E-state index contributed by atoms with van der Waals surface area (Å²) in [6, 6.07) is 0. The summed E-state index contributed by atoms with van der Waals surface area (Å²) in [6.07, 6.45) is 78.5. The number of carbonyl (C=O) groups excluding carboxylic acids is 3. The van der Waals surface area contributed by atoms with Gasteiger partial charge in [0.15, 0.2) is 6.10 Å². The summed E-state index contributed by atoms with van der Waals surface area (Å²) >= 11 is 0. The molecule has 1 unspecified atom stereocenters. The van der Waals surface area contributed by atoms with E-state index in [0.29, 0.717) is 19.3 Å². The van der Waals surface area contributed by atoms with E-state index in [2.05, 4.69) is 154 Å².